The highest BCUT2D eigenvalue weighted by Crippen LogP contribution is 2.42. The van der Waals surface area contributed by atoms with Gasteiger partial charge in [0, 0.05) is 51.1 Å². The molecule has 4 heterocycles. The Morgan fingerprint density at radius 2 is 2.00 bits per heavy atom. The molecule has 1 amide bonds. The van der Waals surface area contributed by atoms with Crippen molar-refractivity contribution in [3.05, 3.63) is 35.4 Å². The van der Waals surface area contributed by atoms with E-state index in [1.165, 1.54) is 5.69 Å². The SMILES string of the molecule is COCC(=O)N1CCc2[nH]cnc2C12CCN(Cc1nc[nH]c1C)CC2. The summed E-state index contributed by atoms with van der Waals surface area (Å²) in [5, 5.41) is 0. The number of imidazole rings is 2. The van der Waals surface area contributed by atoms with Crippen LogP contribution < -0.4 is 0 Å². The number of carbonyl (C=O) groups excluding carboxylic acids is 1. The number of ether oxygens (including phenoxy) is 1. The third-order valence-corrected chi connectivity index (χ3v) is 5.82. The van der Waals surface area contributed by atoms with E-state index in [2.05, 4.69) is 31.8 Å². The normalized spacial score (nSPS) is 19.7. The highest BCUT2D eigenvalue weighted by molar-refractivity contribution is 5.79. The first kappa shape index (κ1) is 17.2. The van der Waals surface area contributed by atoms with Crippen LogP contribution in [0, 0.1) is 6.92 Å². The average Bonchev–Trinajstić information content (AvgIpc) is 3.27. The molecule has 2 aliphatic heterocycles. The van der Waals surface area contributed by atoms with Crippen LogP contribution in [0.3, 0.4) is 0 Å². The topological polar surface area (TPSA) is 90.1 Å². The van der Waals surface area contributed by atoms with E-state index in [9.17, 15) is 4.79 Å². The summed E-state index contributed by atoms with van der Waals surface area (Å²) < 4.78 is 5.12. The number of rotatable bonds is 4. The molecule has 8 nitrogen and oxygen atoms in total. The first-order valence-electron chi connectivity index (χ1n) is 9.17. The summed E-state index contributed by atoms with van der Waals surface area (Å²) in [6, 6.07) is 0. The first-order valence-corrected chi connectivity index (χ1v) is 9.17. The Kier molecular flexibility index (Phi) is 4.54. The van der Waals surface area contributed by atoms with Crippen LogP contribution in [0.25, 0.3) is 0 Å². The number of fused-ring (bicyclic) bond motifs is 2. The summed E-state index contributed by atoms with van der Waals surface area (Å²) in [6.45, 7) is 5.55. The van der Waals surface area contributed by atoms with Crippen molar-refractivity contribution in [3.8, 4) is 0 Å². The van der Waals surface area contributed by atoms with E-state index in [-0.39, 0.29) is 18.1 Å². The van der Waals surface area contributed by atoms with Crippen LogP contribution in [-0.2, 0) is 28.0 Å². The molecule has 0 saturated carbocycles. The van der Waals surface area contributed by atoms with Crippen LogP contribution in [0.2, 0.25) is 0 Å². The fourth-order valence-corrected chi connectivity index (χ4v) is 4.39. The predicted molar refractivity (Wildman–Crippen MR) is 95.4 cm³/mol. The quantitative estimate of drug-likeness (QED) is 0.850. The summed E-state index contributed by atoms with van der Waals surface area (Å²) in [5.41, 5.74) is 4.11. The minimum Gasteiger partial charge on any atom is -0.375 e. The van der Waals surface area contributed by atoms with E-state index in [1.54, 1.807) is 19.8 Å². The Bertz CT molecular complexity index is 774. The molecule has 1 saturated heterocycles. The molecule has 2 aromatic rings. The Hall–Kier alpha value is -2.19. The predicted octanol–water partition coefficient (Wildman–Crippen LogP) is 0.964. The fraction of sp³-hybridized carbons (Fsp3) is 0.611. The molecular weight excluding hydrogens is 332 g/mol. The molecule has 0 aliphatic carbocycles. The Balaban J connectivity index is 1.55. The van der Waals surface area contributed by atoms with Crippen LogP contribution in [-0.4, -0.2) is 69.0 Å². The highest BCUT2D eigenvalue weighted by Gasteiger charge is 2.48. The molecule has 140 valence electrons. The minimum atomic E-state index is -0.319. The van der Waals surface area contributed by atoms with Crippen molar-refractivity contribution < 1.29 is 9.53 Å². The molecule has 0 bridgehead atoms. The molecule has 0 atom stereocenters. The molecule has 4 rings (SSSR count). The molecular formula is C18H26N6O2. The van der Waals surface area contributed by atoms with Gasteiger partial charge in [-0.25, -0.2) is 9.97 Å². The van der Waals surface area contributed by atoms with Gasteiger partial charge in [-0.2, -0.15) is 0 Å². The number of nitrogens with zero attached hydrogens (tertiary/aromatic N) is 4. The number of H-pyrrole nitrogens is 2. The van der Waals surface area contributed by atoms with Gasteiger partial charge in [0.25, 0.3) is 0 Å². The summed E-state index contributed by atoms with van der Waals surface area (Å²) in [4.78, 5) is 32.6. The number of carbonyl (C=O) groups is 1. The number of piperidine rings is 1. The lowest BCUT2D eigenvalue weighted by Crippen LogP contribution is -2.58. The zero-order valence-corrected chi connectivity index (χ0v) is 15.4. The largest absolute Gasteiger partial charge is 0.375 e. The van der Waals surface area contributed by atoms with Gasteiger partial charge in [0.1, 0.15) is 6.61 Å². The van der Waals surface area contributed by atoms with Gasteiger partial charge in [0.05, 0.1) is 29.6 Å². The van der Waals surface area contributed by atoms with Crippen molar-refractivity contribution in [1.29, 1.82) is 0 Å². The molecule has 1 fully saturated rings. The number of likely N-dealkylation sites (tertiary alicyclic amines) is 1. The molecule has 2 aliphatic rings. The average molecular weight is 358 g/mol. The van der Waals surface area contributed by atoms with Gasteiger partial charge in [-0.15, -0.1) is 0 Å². The van der Waals surface area contributed by atoms with Crippen molar-refractivity contribution in [2.45, 2.75) is 38.3 Å². The molecule has 8 heteroatoms. The Morgan fingerprint density at radius 3 is 2.69 bits per heavy atom. The number of aromatic nitrogens is 4. The first-order chi connectivity index (χ1) is 12.6. The molecule has 26 heavy (non-hydrogen) atoms. The number of hydrogen-bond donors (Lipinski definition) is 2. The number of aromatic amines is 2. The molecule has 0 aromatic carbocycles. The van der Waals surface area contributed by atoms with Gasteiger partial charge in [-0.05, 0) is 19.8 Å². The number of methoxy groups -OCH3 is 1. The molecule has 0 radical (unpaired) electrons. The van der Waals surface area contributed by atoms with Crippen LogP contribution in [0.5, 0.6) is 0 Å². The monoisotopic (exact) mass is 358 g/mol. The minimum absolute atomic E-state index is 0.0535. The van der Waals surface area contributed by atoms with Crippen molar-refractivity contribution in [3.63, 3.8) is 0 Å². The molecule has 0 unspecified atom stereocenters. The van der Waals surface area contributed by atoms with E-state index >= 15 is 0 Å². The van der Waals surface area contributed by atoms with Crippen molar-refractivity contribution in [1.82, 2.24) is 29.7 Å². The summed E-state index contributed by atoms with van der Waals surface area (Å²) in [5.74, 6) is 0.0535. The van der Waals surface area contributed by atoms with Crippen LogP contribution in [0.1, 0.15) is 35.6 Å². The second kappa shape index (κ2) is 6.85. The van der Waals surface area contributed by atoms with Crippen LogP contribution in [0.4, 0.5) is 0 Å². The lowest BCUT2D eigenvalue weighted by Gasteiger charge is -2.50. The van der Waals surface area contributed by atoms with Gasteiger partial charge in [-0.1, -0.05) is 0 Å². The number of amides is 1. The maximum absolute atomic E-state index is 12.7. The molecule has 2 aromatic heterocycles. The third-order valence-electron chi connectivity index (χ3n) is 5.82. The number of aryl methyl sites for hydroxylation is 1. The number of nitrogens with one attached hydrogen (secondary N) is 2. The summed E-state index contributed by atoms with van der Waals surface area (Å²) >= 11 is 0. The number of hydrogen-bond acceptors (Lipinski definition) is 5. The lowest BCUT2D eigenvalue weighted by atomic mass is 9.78. The van der Waals surface area contributed by atoms with Crippen molar-refractivity contribution in [2.24, 2.45) is 0 Å². The summed E-state index contributed by atoms with van der Waals surface area (Å²) in [7, 11) is 1.57. The van der Waals surface area contributed by atoms with Gasteiger partial charge in [0.2, 0.25) is 5.91 Å². The maximum Gasteiger partial charge on any atom is 0.249 e. The Morgan fingerprint density at radius 1 is 1.23 bits per heavy atom. The lowest BCUT2D eigenvalue weighted by molar-refractivity contribution is -0.146. The third kappa shape index (κ3) is 2.83. The van der Waals surface area contributed by atoms with Crippen molar-refractivity contribution >= 4 is 5.91 Å². The van der Waals surface area contributed by atoms with Gasteiger partial charge >= 0.3 is 0 Å². The second-order valence-corrected chi connectivity index (χ2v) is 7.24. The maximum atomic E-state index is 12.7. The van der Waals surface area contributed by atoms with E-state index < -0.39 is 0 Å². The van der Waals surface area contributed by atoms with Crippen molar-refractivity contribution in [2.75, 3.05) is 33.4 Å². The second-order valence-electron chi connectivity index (χ2n) is 7.24. The van der Waals surface area contributed by atoms with Gasteiger partial charge < -0.3 is 19.6 Å². The standard InChI is InChI=1S/C18H26N6O2/c1-13-15(21-11-19-13)9-23-7-4-18(5-8-23)17-14(20-12-22-17)3-6-24(18)16(25)10-26-2/h11-12H,3-10H2,1-2H3,(H,19,21)(H,20,22). The van der Waals surface area contributed by atoms with Crippen LogP contribution >= 0.6 is 0 Å². The zero-order chi connectivity index (χ0) is 18.1. The fourth-order valence-electron chi connectivity index (χ4n) is 4.39. The highest BCUT2D eigenvalue weighted by atomic mass is 16.5. The molecule has 1 spiro atoms. The van der Waals surface area contributed by atoms with Gasteiger partial charge in [-0.3, -0.25) is 9.69 Å². The van der Waals surface area contributed by atoms with Crippen LogP contribution in [0.15, 0.2) is 12.7 Å². The Labute approximate surface area is 153 Å². The summed E-state index contributed by atoms with van der Waals surface area (Å²) in [6.07, 6.45) is 6.09. The smallest absolute Gasteiger partial charge is 0.249 e. The molecule has 2 N–H and O–H groups in total. The van der Waals surface area contributed by atoms with E-state index in [0.717, 1.165) is 62.5 Å². The van der Waals surface area contributed by atoms with E-state index in [1.807, 2.05) is 4.90 Å². The van der Waals surface area contributed by atoms with E-state index in [4.69, 9.17) is 4.74 Å². The van der Waals surface area contributed by atoms with Gasteiger partial charge in [0.15, 0.2) is 0 Å². The van der Waals surface area contributed by atoms with E-state index in [0.29, 0.717) is 0 Å². The zero-order valence-electron chi connectivity index (χ0n) is 15.4.